The average molecular weight is 198 g/mol. The van der Waals surface area contributed by atoms with Crippen LogP contribution >= 0.6 is 11.6 Å². The number of ketones is 1. The third-order valence-corrected chi connectivity index (χ3v) is 2.12. The fraction of sp³-hybridized carbons (Fsp3) is 0.300. The smallest absolute Gasteiger partial charge is 0.180 e. The Morgan fingerprint density at radius 1 is 1.54 bits per heavy atom. The van der Waals surface area contributed by atoms with Gasteiger partial charge in [-0.1, -0.05) is 12.1 Å². The molecule has 2 N–H and O–H groups in total. The highest BCUT2D eigenvalue weighted by Crippen LogP contribution is 2.15. The minimum atomic E-state index is -0.498. The lowest BCUT2D eigenvalue weighted by Crippen LogP contribution is -2.10. The third kappa shape index (κ3) is 2.22. The fourth-order valence-corrected chi connectivity index (χ4v) is 1.15. The molecule has 1 unspecified atom stereocenters. The van der Waals surface area contributed by atoms with Crippen LogP contribution in [0, 0.1) is 6.92 Å². The average Bonchev–Trinajstić information content (AvgIpc) is 2.08. The monoisotopic (exact) mass is 197 g/mol. The first kappa shape index (κ1) is 10.1. The number of carbonyl (C=O) groups excluding carboxylic acids is 1. The van der Waals surface area contributed by atoms with Crippen molar-refractivity contribution in [3.63, 3.8) is 0 Å². The Balaban J connectivity index is 3.04. The van der Waals surface area contributed by atoms with Crippen LogP contribution in [-0.4, -0.2) is 11.2 Å². The van der Waals surface area contributed by atoms with Crippen molar-refractivity contribution in [2.24, 2.45) is 0 Å². The summed E-state index contributed by atoms with van der Waals surface area (Å²) in [5.41, 5.74) is 7.84. The summed E-state index contributed by atoms with van der Waals surface area (Å²) in [7, 11) is 0. The van der Waals surface area contributed by atoms with Crippen molar-refractivity contribution in [1.82, 2.24) is 0 Å². The number of carbonyl (C=O) groups is 1. The highest BCUT2D eigenvalue weighted by atomic mass is 35.5. The molecule has 0 aromatic heterocycles. The topological polar surface area (TPSA) is 43.1 Å². The van der Waals surface area contributed by atoms with E-state index in [-0.39, 0.29) is 5.78 Å². The zero-order valence-corrected chi connectivity index (χ0v) is 8.43. The Hall–Kier alpha value is -1.02. The molecule has 0 aliphatic heterocycles. The van der Waals surface area contributed by atoms with Gasteiger partial charge in [-0.3, -0.25) is 4.79 Å². The maximum atomic E-state index is 11.4. The molecule has 0 aliphatic carbocycles. The van der Waals surface area contributed by atoms with Gasteiger partial charge >= 0.3 is 0 Å². The van der Waals surface area contributed by atoms with E-state index in [4.69, 9.17) is 17.3 Å². The summed E-state index contributed by atoms with van der Waals surface area (Å²) in [6.45, 7) is 3.55. The van der Waals surface area contributed by atoms with Gasteiger partial charge in [0.15, 0.2) is 5.78 Å². The van der Waals surface area contributed by atoms with Crippen molar-refractivity contribution in [3.05, 3.63) is 29.3 Å². The molecule has 0 bridgehead atoms. The molecule has 0 heterocycles. The molecule has 2 nitrogen and oxygen atoms in total. The second-order valence-corrected chi connectivity index (χ2v) is 3.71. The van der Waals surface area contributed by atoms with Gasteiger partial charge in [0.1, 0.15) is 0 Å². The molecule has 13 heavy (non-hydrogen) atoms. The first-order chi connectivity index (χ1) is 6.02. The van der Waals surface area contributed by atoms with Gasteiger partial charge in [-0.2, -0.15) is 0 Å². The van der Waals surface area contributed by atoms with Crippen LogP contribution in [0.2, 0.25) is 0 Å². The maximum absolute atomic E-state index is 11.4. The zero-order valence-electron chi connectivity index (χ0n) is 7.67. The van der Waals surface area contributed by atoms with Crippen LogP contribution in [0.1, 0.15) is 22.8 Å². The van der Waals surface area contributed by atoms with Crippen LogP contribution in [-0.2, 0) is 0 Å². The molecular weight excluding hydrogens is 186 g/mol. The Kier molecular flexibility index (Phi) is 2.94. The highest BCUT2D eigenvalue weighted by molar-refractivity contribution is 6.33. The van der Waals surface area contributed by atoms with Crippen LogP contribution in [0.4, 0.5) is 5.69 Å². The molecule has 1 aromatic carbocycles. The molecule has 1 atom stereocenters. The Morgan fingerprint density at radius 2 is 2.15 bits per heavy atom. The molecule has 0 saturated heterocycles. The number of nitrogen functional groups attached to an aromatic ring is 1. The van der Waals surface area contributed by atoms with Crippen molar-refractivity contribution in [2.75, 3.05) is 5.73 Å². The van der Waals surface area contributed by atoms with Crippen LogP contribution in [0.3, 0.4) is 0 Å². The van der Waals surface area contributed by atoms with E-state index in [2.05, 4.69) is 0 Å². The van der Waals surface area contributed by atoms with E-state index in [0.717, 1.165) is 5.56 Å². The Labute approximate surface area is 82.7 Å². The van der Waals surface area contributed by atoms with E-state index < -0.39 is 5.38 Å². The van der Waals surface area contributed by atoms with Crippen LogP contribution in [0.25, 0.3) is 0 Å². The first-order valence-corrected chi connectivity index (χ1v) is 4.50. The van der Waals surface area contributed by atoms with Gasteiger partial charge < -0.3 is 5.73 Å². The number of hydrogen-bond donors (Lipinski definition) is 1. The van der Waals surface area contributed by atoms with Gasteiger partial charge in [-0.15, -0.1) is 11.6 Å². The standard InChI is InChI=1S/C10H12ClNO/c1-6-3-4-8(5-9(6)12)10(13)7(2)11/h3-5,7H,12H2,1-2H3. The molecule has 0 amide bonds. The molecule has 0 spiro atoms. The Bertz CT molecular complexity index is 334. The SMILES string of the molecule is Cc1ccc(C(=O)C(C)Cl)cc1N. The maximum Gasteiger partial charge on any atom is 0.180 e. The summed E-state index contributed by atoms with van der Waals surface area (Å²) in [6.07, 6.45) is 0. The molecule has 0 saturated carbocycles. The number of hydrogen-bond acceptors (Lipinski definition) is 2. The van der Waals surface area contributed by atoms with Gasteiger partial charge in [0.25, 0.3) is 0 Å². The third-order valence-electron chi connectivity index (χ3n) is 1.93. The second-order valence-electron chi connectivity index (χ2n) is 3.05. The summed E-state index contributed by atoms with van der Waals surface area (Å²) in [5, 5.41) is -0.498. The summed E-state index contributed by atoms with van der Waals surface area (Å²) in [6, 6.07) is 5.23. The van der Waals surface area contributed by atoms with E-state index in [1.54, 1.807) is 19.1 Å². The minimum absolute atomic E-state index is 0.0895. The molecule has 70 valence electrons. The van der Waals surface area contributed by atoms with Crippen molar-refractivity contribution < 1.29 is 4.79 Å². The summed E-state index contributed by atoms with van der Waals surface area (Å²) in [4.78, 5) is 11.4. The zero-order chi connectivity index (χ0) is 10.0. The molecule has 0 aliphatic rings. The molecule has 1 aromatic rings. The van der Waals surface area contributed by atoms with E-state index in [1.165, 1.54) is 0 Å². The molecular formula is C10H12ClNO. The van der Waals surface area contributed by atoms with E-state index >= 15 is 0 Å². The number of aryl methyl sites for hydroxylation is 1. The molecule has 3 heteroatoms. The van der Waals surface area contributed by atoms with E-state index in [9.17, 15) is 4.79 Å². The van der Waals surface area contributed by atoms with Gasteiger partial charge in [-0.25, -0.2) is 0 Å². The first-order valence-electron chi connectivity index (χ1n) is 4.07. The number of benzene rings is 1. The number of halogens is 1. The lowest BCUT2D eigenvalue weighted by atomic mass is 10.1. The van der Waals surface area contributed by atoms with Crippen LogP contribution in [0.5, 0.6) is 0 Å². The predicted molar refractivity (Wildman–Crippen MR) is 55.2 cm³/mol. The second kappa shape index (κ2) is 3.79. The number of anilines is 1. The normalized spacial score (nSPS) is 12.5. The number of alkyl halides is 1. The molecule has 1 rings (SSSR count). The molecule has 0 fully saturated rings. The lowest BCUT2D eigenvalue weighted by molar-refractivity contribution is 0.0992. The predicted octanol–water partition coefficient (Wildman–Crippen LogP) is 2.39. The van der Waals surface area contributed by atoms with Gasteiger partial charge in [0, 0.05) is 11.3 Å². The van der Waals surface area contributed by atoms with Crippen molar-refractivity contribution in [3.8, 4) is 0 Å². The van der Waals surface area contributed by atoms with Crippen LogP contribution in [0.15, 0.2) is 18.2 Å². The van der Waals surface area contributed by atoms with Crippen LogP contribution < -0.4 is 5.73 Å². The van der Waals surface area contributed by atoms with Gasteiger partial charge in [-0.05, 0) is 25.5 Å². The van der Waals surface area contributed by atoms with Gasteiger partial charge in [0.2, 0.25) is 0 Å². The number of rotatable bonds is 2. The largest absolute Gasteiger partial charge is 0.398 e. The fourth-order valence-electron chi connectivity index (χ4n) is 1.02. The van der Waals surface area contributed by atoms with E-state index in [1.807, 2.05) is 13.0 Å². The molecule has 0 radical (unpaired) electrons. The van der Waals surface area contributed by atoms with Crippen molar-refractivity contribution in [2.45, 2.75) is 19.2 Å². The Morgan fingerprint density at radius 3 is 2.62 bits per heavy atom. The van der Waals surface area contributed by atoms with Crippen molar-refractivity contribution in [1.29, 1.82) is 0 Å². The van der Waals surface area contributed by atoms with Crippen molar-refractivity contribution >= 4 is 23.1 Å². The van der Waals surface area contributed by atoms with Gasteiger partial charge in [0.05, 0.1) is 5.38 Å². The quantitative estimate of drug-likeness (QED) is 0.450. The minimum Gasteiger partial charge on any atom is -0.398 e. The highest BCUT2D eigenvalue weighted by Gasteiger charge is 2.12. The lowest BCUT2D eigenvalue weighted by Gasteiger charge is -2.05. The summed E-state index contributed by atoms with van der Waals surface area (Å²) in [5.74, 6) is -0.0895. The number of nitrogens with two attached hydrogens (primary N) is 1. The summed E-state index contributed by atoms with van der Waals surface area (Å²) >= 11 is 5.66. The van der Waals surface area contributed by atoms with E-state index in [0.29, 0.717) is 11.3 Å². The summed E-state index contributed by atoms with van der Waals surface area (Å²) < 4.78 is 0. The number of Topliss-reactive ketones (excluding diaryl/α,β-unsaturated/α-hetero) is 1.